The molecule has 2 aromatic rings. The maximum atomic E-state index is 13.1. The van der Waals surface area contributed by atoms with Gasteiger partial charge in [0.25, 0.3) is 5.91 Å². The van der Waals surface area contributed by atoms with Crippen LogP contribution in [0.4, 0.5) is 4.39 Å². The van der Waals surface area contributed by atoms with Gasteiger partial charge in [-0.15, -0.1) is 0 Å². The van der Waals surface area contributed by atoms with Gasteiger partial charge in [0.05, 0.1) is 6.61 Å². The first-order valence-electron chi connectivity index (χ1n) is 9.01. The predicted molar refractivity (Wildman–Crippen MR) is 101 cm³/mol. The molecule has 1 saturated heterocycles. The van der Waals surface area contributed by atoms with E-state index in [1.807, 2.05) is 24.3 Å². The lowest BCUT2D eigenvalue weighted by Gasteiger charge is -2.15. The molecule has 4 nitrogen and oxygen atoms in total. The summed E-state index contributed by atoms with van der Waals surface area (Å²) in [5, 5.41) is 3.05. The summed E-state index contributed by atoms with van der Waals surface area (Å²) >= 11 is 0. The van der Waals surface area contributed by atoms with Crippen LogP contribution in [0.2, 0.25) is 0 Å². The normalized spacial score (nSPS) is 17.4. The number of methoxy groups -OCH3 is 1. The van der Waals surface area contributed by atoms with E-state index in [9.17, 15) is 9.18 Å². The van der Waals surface area contributed by atoms with E-state index >= 15 is 0 Å². The Morgan fingerprint density at radius 2 is 2.04 bits per heavy atom. The van der Waals surface area contributed by atoms with E-state index in [1.165, 1.54) is 12.1 Å². The van der Waals surface area contributed by atoms with Gasteiger partial charge in [-0.05, 0) is 54.3 Å². The number of hydrogen-bond acceptors (Lipinski definition) is 3. The molecule has 0 unspecified atom stereocenters. The molecule has 0 aliphatic carbocycles. The number of ether oxygens (including phenoxy) is 1. The first-order chi connectivity index (χ1) is 12.7. The average molecular weight is 356 g/mol. The minimum Gasteiger partial charge on any atom is -0.383 e. The smallest absolute Gasteiger partial charge is 0.251 e. The number of rotatable bonds is 7. The van der Waals surface area contributed by atoms with Crippen molar-refractivity contribution in [1.82, 2.24) is 10.2 Å². The van der Waals surface area contributed by atoms with Gasteiger partial charge in [-0.25, -0.2) is 4.39 Å². The number of halogens is 1. The standard InChI is InChI=1S/C21H25FN2O2/c1-26-12-11-24-10-9-16(15-24)14-23-21(25)19-4-2-3-18(13-19)17-5-7-20(22)8-6-17/h2-8,13,16H,9-12,14-15H2,1H3,(H,23,25)/t16-/m0/s1. The second-order valence-electron chi connectivity index (χ2n) is 6.75. The number of carbonyl (C=O) groups is 1. The Kier molecular flexibility index (Phi) is 6.36. The molecule has 2 aromatic carbocycles. The monoisotopic (exact) mass is 356 g/mol. The van der Waals surface area contributed by atoms with Crippen molar-refractivity contribution in [3.05, 3.63) is 59.9 Å². The molecule has 0 aromatic heterocycles. The second-order valence-corrected chi connectivity index (χ2v) is 6.75. The lowest BCUT2D eigenvalue weighted by molar-refractivity contribution is 0.0946. The van der Waals surface area contributed by atoms with Gasteiger partial charge in [0.1, 0.15) is 5.82 Å². The fraction of sp³-hybridized carbons (Fsp3) is 0.381. The fourth-order valence-corrected chi connectivity index (χ4v) is 3.32. The Balaban J connectivity index is 1.55. The van der Waals surface area contributed by atoms with Gasteiger partial charge in [0, 0.05) is 32.3 Å². The largest absolute Gasteiger partial charge is 0.383 e. The molecule has 26 heavy (non-hydrogen) atoms. The third-order valence-electron chi connectivity index (χ3n) is 4.84. The molecule has 138 valence electrons. The molecule has 1 amide bonds. The Morgan fingerprint density at radius 3 is 2.81 bits per heavy atom. The number of benzene rings is 2. The highest BCUT2D eigenvalue weighted by atomic mass is 19.1. The molecular formula is C21H25FN2O2. The summed E-state index contributed by atoms with van der Waals surface area (Å²) < 4.78 is 18.2. The summed E-state index contributed by atoms with van der Waals surface area (Å²) in [4.78, 5) is 14.9. The van der Waals surface area contributed by atoms with Crippen LogP contribution in [0.5, 0.6) is 0 Å². The zero-order valence-corrected chi connectivity index (χ0v) is 15.1. The first-order valence-corrected chi connectivity index (χ1v) is 9.01. The summed E-state index contributed by atoms with van der Waals surface area (Å²) in [6.07, 6.45) is 1.10. The molecular weight excluding hydrogens is 331 g/mol. The molecule has 1 atom stereocenters. The van der Waals surface area contributed by atoms with Crippen LogP contribution in [0, 0.1) is 11.7 Å². The van der Waals surface area contributed by atoms with E-state index in [1.54, 1.807) is 19.2 Å². The minimum absolute atomic E-state index is 0.0655. The zero-order chi connectivity index (χ0) is 18.4. The van der Waals surface area contributed by atoms with Crippen LogP contribution in [0.15, 0.2) is 48.5 Å². The SMILES string of the molecule is COCCN1CC[C@@H](CNC(=O)c2cccc(-c3ccc(F)cc3)c2)C1. The lowest BCUT2D eigenvalue weighted by Crippen LogP contribution is -2.31. The molecule has 1 aliphatic rings. The van der Waals surface area contributed by atoms with Crippen molar-refractivity contribution in [2.24, 2.45) is 5.92 Å². The highest BCUT2D eigenvalue weighted by molar-refractivity contribution is 5.95. The van der Waals surface area contributed by atoms with Crippen molar-refractivity contribution in [3.63, 3.8) is 0 Å². The highest BCUT2D eigenvalue weighted by Gasteiger charge is 2.22. The minimum atomic E-state index is -0.265. The second kappa shape index (κ2) is 8.92. The third kappa shape index (κ3) is 4.90. The Morgan fingerprint density at radius 1 is 1.23 bits per heavy atom. The van der Waals surface area contributed by atoms with Crippen LogP contribution in [-0.2, 0) is 4.74 Å². The fourth-order valence-electron chi connectivity index (χ4n) is 3.32. The van der Waals surface area contributed by atoms with Crippen LogP contribution < -0.4 is 5.32 Å². The van der Waals surface area contributed by atoms with Gasteiger partial charge >= 0.3 is 0 Å². The number of nitrogens with zero attached hydrogens (tertiary/aromatic N) is 1. The number of amides is 1. The molecule has 0 spiro atoms. The Bertz CT molecular complexity index is 733. The summed E-state index contributed by atoms with van der Waals surface area (Å²) in [5.74, 6) is 0.152. The Hall–Kier alpha value is -2.24. The van der Waals surface area contributed by atoms with Gasteiger partial charge in [-0.3, -0.25) is 4.79 Å². The van der Waals surface area contributed by atoms with Gasteiger partial charge < -0.3 is 15.0 Å². The van der Waals surface area contributed by atoms with Crippen molar-refractivity contribution in [2.75, 3.05) is 39.9 Å². The van der Waals surface area contributed by atoms with Gasteiger partial charge in [-0.1, -0.05) is 24.3 Å². The summed E-state index contributed by atoms with van der Waals surface area (Å²) in [5.41, 5.74) is 2.43. The van der Waals surface area contributed by atoms with E-state index in [0.29, 0.717) is 18.0 Å². The summed E-state index contributed by atoms with van der Waals surface area (Å²) in [7, 11) is 1.72. The van der Waals surface area contributed by atoms with Crippen LogP contribution >= 0.6 is 0 Å². The number of hydrogen-bond donors (Lipinski definition) is 1. The van der Waals surface area contributed by atoms with Crippen molar-refractivity contribution >= 4 is 5.91 Å². The topological polar surface area (TPSA) is 41.6 Å². The molecule has 3 rings (SSSR count). The van der Waals surface area contributed by atoms with E-state index in [0.717, 1.165) is 43.8 Å². The average Bonchev–Trinajstić information content (AvgIpc) is 3.13. The van der Waals surface area contributed by atoms with E-state index in [2.05, 4.69) is 10.2 Å². The Labute approximate surface area is 154 Å². The summed E-state index contributed by atoms with van der Waals surface area (Å²) in [6.45, 7) is 4.43. The highest BCUT2D eigenvalue weighted by Crippen LogP contribution is 2.21. The van der Waals surface area contributed by atoms with Crippen LogP contribution in [-0.4, -0.2) is 50.7 Å². The molecule has 0 bridgehead atoms. The van der Waals surface area contributed by atoms with E-state index in [-0.39, 0.29) is 11.7 Å². The predicted octanol–water partition coefficient (Wildman–Crippen LogP) is 3.19. The summed E-state index contributed by atoms with van der Waals surface area (Å²) in [6, 6.07) is 13.7. The van der Waals surface area contributed by atoms with Crippen molar-refractivity contribution < 1.29 is 13.9 Å². The number of likely N-dealkylation sites (tertiary alicyclic amines) is 1. The van der Waals surface area contributed by atoms with E-state index < -0.39 is 0 Å². The lowest BCUT2D eigenvalue weighted by atomic mass is 10.0. The van der Waals surface area contributed by atoms with Gasteiger partial charge in [0.15, 0.2) is 0 Å². The van der Waals surface area contributed by atoms with Crippen molar-refractivity contribution in [1.29, 1.82) is 0 Å². The van der Waals surface area contributed by atoms with Crippen LogP contribution in [0.1, 0.15) is 16.8 Å². The molecule has 1 fully saturated rings. The first kappa shape index (κ1) is 18.5. The molecule has 5 heteroatoms. The quantitative estimate of drug-likeness (QED) is 0.828. The maximum Gasteiger partial charge on any atom is 0.251 e. The molecule has 1 N–H and O–H groups in total. The molecule has 1 heterocycles. The van der Waals surface area contributed by atoms with Gasteiger partial charge in [0.2, 0.25) is 0 Å². The molecule has 0 radical (unpaired) electrons. The van der Waals surface area contributed by atoms with Crippen LogP contribution in [0.3, 0.4) is 0 Å². The molecule has 0 saturated carbocycles. The van der Waals surface area contributed by atoms with Gasteiger partial charge in [-0.2, -0.15) is 0 Å². The van der Waals surface area contributed by atoms with Crippen molar-refractivity contribution in [2.45, 2.75) is 6.42 Å². The third-order valence-corrected chi connectivity index (χ3v) is 4.84. The molecule has 1 aliphatic heterocycles. The van der Waals surface area contributed by atoms with Crippen molar-refractivity contribution in [3.8, 4) is 11.1 Å². The van der Waals surface area contributed by atoms with E-state index in [4.69, 9.17) is 4.74 Å². The number of nitrogens with one attached hydrogen (secondary N) is 1. The zero-order valence-electron chi connectivity index (χ0n) is 15.1. The maximum absolute atomic E-state index is 13.1. The number of carbonyl (C=O) groups excluding carboxylic acids is 1. The van der Waals surface area contributed by atoms with Crippen LogP contribution in [0.25, 0.3) is 11.1 Å².